The summed E-state index contributed by atoms with van der Waals surface area (Å²) in [5, 5.41) is 10.9. The Kier molecular flexibility index (Phi) is 3.82. The smallest absolute Gasteiger partial charge is 0.272 e. The number of aromatic nitrogens is 4. The lowest BCUT2D eigenvalue weighted by Crippen LogP contribution is -2.10. The Balaban J connectivity index is 1.92. The average molecular weight is 305 g/mol. The molecule has 1 aromatic carbocycles. The zero-order chi connectivity index (χ0) is 15.5. The summed E-state index contributed by atoms with van der Waals surface area (Å²) in [4.78, 5) is 8.15. The van der Waals surface area contributed by atoms with E-state index >= 15 is 0 Å². The van der Waals surface area contributed by atoms with Crippen LogP contribution in [0.1, 0.15) is 5.82 Å². The van der Waals surface area contributed by atoms with Gasteiger partial charge in [-0.05, 0) is 19.1 Å². The number of nitrogens with one attached hydrogen (secondary N) is 2. The molecule has 0 fully saturated rings. The van der Waals surface area contributed by atoms with Gasteiger partial charge in [0, 0.05) is 5.39 Å². The molecule has 0 unspecified atom stereocenters. The monoisotopic (exact) mass is 305 g/mol. The van der Waals surface area contributed by atoms with Crippen LogP contribution in [0, 0.1) is 6.92 Å². The van der Waals surface area contributed by atoms with E-state index in [1.165, 1.54) is 6.20 Å². The number of alkyl halides is 2. The summed E-state index contributed by atoms with van der Waals surface area (Å²) in [7, 11) is 0. The van der Waals surface area contributed by atoms with Gasteiger partial charge in [-0.25, -0.2) is 18.7 Å². The number of fused-ring (bicyclic) bond motifs is 1. The first-order valence-corrected chi connectivity index (χ1v) is 6.58. The number of aryl methyl sites for hydroxylation is 1. The Bertz CT molecular complexity index is 790. The Morgan fingerprint density at radius 3 is 2.91 bits per heavy atom. The minimum atomic E-state index is -2.57. The number of hydrogen-bond donors (Lipinski definition) is 2. The molecule has 0 amide bonds. The fourth-order valence-corrected chi connectivity index (χ4v) is 1.98. The van der Waals surface area contributed by atoms with Crippen molar-refractivity contribution in [1.82, 2.24) is 20.2 Å². The predicted octanol–water partition coefficient (Wildman–Crippen LogP) is 3.05. The van der Waals surface area contributed by atoms with E-state index in [-0.39, 0.29) is 5.75 Å². The number of ether oxygens (including phenoxy) is 1. The number of nitrogens with zero attached hydrogens (tertiary/aromatic N) is 3. The molecule has 2 aromatic heterocycles. The number of hydrogen-bond acceptors (Lipinski definition) is 5. The van der Waals surface area contributed by atoms with Crippen LogP contribution < -0.4 is 10.1 Å². The maximum absolute atomic E-state index is 12.3. The van der Waals surface area contributed by atoms with E-state index < -0.39 is 13.0 Å². The molecular formula is C14H13F2N5O. The van der Waals surface area contributed by atoms with E-state index in [0.717, 1.165) is 10.9 Å². The van der Waals surface area contributed by atoms with Gasteiger partial charge in [-0.3, -0.25) is 5.10 Å². The molecule has 0 saturated carbocycles. The molecule has 22 heavy (non-hydrogen) atoms. The van der Waals surface area contributed by atoms with Crippen molar-refractivity contribution in [3.8, 4) is 5.75 Å². The van der Waals surface area contributed by atoms with E-state index in [2.05, 4.69) is 25.5 Å². The van der Waals surface area contributed by atoms with Crippen molar-refractivity contribution in [1.29, 1.82) is 0 Å². The van der Waals surface area contributed by atoms with Gasteiger partial charge in [0.2, 0.25) is 0 Å². The maximum atomic E-state index is 12.3. The lowest BCUT2D eigenvalue weighted by Gasteiger charge is -2.11. The van der Waals surface area contributed by atoms with Gasteiger partial charge in [-0.2, -0.15) is 5.10 Å². The van der Waals surface area contributed by atoms with Crippen LogP contribution in [0.15, 0.2) is 30.5 Å². The molecule has 0 aliphatic carbocycles. The molecule has 114 valence electrons. The number of para-hydroxylation sites is 1. The Labute approximate surface area is 124 Å². The molecule has 0 aliphatic heterocycles. The molecule has 0 radical (unpaired) electrons. The average Bonchev–Trinajstić information content (AvgIpc) is 2.90. The van der Waals surface area contributed by atoms with Crippen molar-refractivity contribution in [2.75, 3.05) is 11.9 Å². The molecule has 6 nitrogen and oxygen atoms in total. The van der Waals surface area contributed by atoms with Gasteiger partial charge in [0.1, 0.15) is 12.4 Å². The molecule has 0 saturated heterocycles. The molecule has 0 aliphatic rings. The number of halogens is 2. The van der Waals surface area contributed by atoms with Crippen molar-refractivity contribution in [3.05, 3.63) is 36.3 Å². The van der Waals surface area contributed by atoms with Crippen LogP contribution in [-0.4, -0.2) is 33.2 Å². The second-order valence-electron chi connectivity index (χ2n) is 4.57. The number of H-pyrrole nitrogens is 1. The van der Waals surface area contributed by atoms with E-state index in [0.29, 0.717) is 17.5 Å². The van der Waals surface area contributed by atoms with Crippen LogP contribution >= 0.6 is 0 Å². The van der Waals surface area contributed by atoms with Crippen LogP contribution in [0.5, 0.6) is 5.75 Å². The van der Waals surface area contributed by atoms with Crippen LogP contribution in [0.3, 0.4) is 0 Å². The van der Waals surface area contributed by atoms with Crippen LogP contribution in [-0.2, 0) is 0 Å². The van der Waals surface area contributed by atoms with Gasteiger partial charge in [-0.1, -0.05) is 12.1 Å². The van der Waals surface area contributed by atoms with Crippen LogP contribution in [0.4, 0.5) is 20.4 Å². The topological polar surface area (TPSA) is 75.7 Å². The molecule has 3 aromatic rings. The SMILES string of the molecule is Cc1ncc(OCC(F)F)c(Nc2n[nH]c3ccccc23)n1. The Morgan fingerprint density at radius 1 is 1.27 bits per heavy atom. The summed E-state index contributed by atoms with van der Waals surface area (Å²) < 4.78 is 29.7. The van der Waals surface area contributed by atoms with Gasteiger partial charge >= 0.3 is 0 Å². The highest BCUT2D eigenvalue weighted by atomic mass is 19.3. The maximum Gasteiger partial charge on any atom is 0.272 e. The van der Waals surface area contributed by atoms with Crippen molar-refractivity contribution in [3.63, 3.8) is 0 Å². The zero-order valence-corrected chi connectivity index (χ0v) is 11.7. The van der Waals surface area contributed by atoms with Crippen molar-refractivity contribution in [2.24, 2.45) is 0 Å². The van der Waals surface area contributed by atoms with Crippen LogP contribution in [0.25, 0.3) is 10.9 Å². The standard InChI is InChI=1S/C14H13F2N5O/c1-8-17-6-11(22-7-12(15)16)14(18-8)19-13-9-4-2-3-5-10(9)20-21-13/h2-6,12H,7H2,1H3,(H2,17,18,19,20,21). The second kappa shape index (κ2) is 5.92. The van der Waals surface area contributed by atoms with Gasteiger partial charge in [0.25, 0.3) is 6.43 Å². The number of anilines is 2. The molecule has 0 spiro atoms. The zero-order valence-electron chi connectivity index (χ0n) is 11.7. The number of rotatable bonds is 5. The minimum absolute atomic E-state index is 0.151. The Morgan fingerprint density at radius 2 is 2.09 bits per heavy atom. The quantitative estimate of drug-likeness (QED) is 0.757. The third kappa shape index (κ3) is 2.95. The van der Waals surface area contributed by atoms with Gasteiger partial charge in [-0.15, -0.1) is 0 Å². The van der Waals surface area contributed by atoms with Crippen LogP contribution in [0.2, 0.25) is 0 Å². The highest BCUT2D eigenvalue weighted by Crippen LogP contribution is 2.28. The highest BCUT2D eigenvalue weighted by molar-refractivity contribution is 5.91. The summed E-state index contributed by atoms with van der Waals surface area (Å²) in [6.45, 7) is 0.979. The fraction of sp³-hybridized carbons (Fsp3) is 0.214. The van der Waals surface area contributed by atoms with Crippen molar-refractivity contribution >= 4 is 22.5 Å². The largest absolute Gasteiger partial charge is 0.482 e. The molecule has 0 bridgehead atoms. The van der Waals surface area contributed by atoms with E-state index in [9.17, 15) is 8.78 Å². The normalized spacial score (nSPS) is 11.1. The van der Waals surface area contributed by atoms with Gasteiger partial charge in [0.15, 0.2) is 17.4 Å². The molecular weight excluding hydrogens is 292 g/mol. The molecule has 2 heterocycles. The van der Waals surface area contributed by atoms with E-state index in [4.69, 9.17) is 4.74 Å². The first-order valence-electron chi connectivity index (χ1n) is 6.58. The summed E-state index contributed by atoms with van der Waals surface area (Å²) >= 11 is 0. The lowest BCUT2D eigenvalue weighted by atomic mass is 10.2. The van der Waals surface area contributed by atoms with E-state index in [1.807, 2.05) is 24.3 Å². The van der Waals surface area contributed by atoms with Gasteiger partial charge in [0.05, 0.1) is 11.7 Å². The number of benzene rings is 1. The first kappa shape index (κ1) is 14.2. The summed E-state index contributed by atoms with van der Waals surface area (Å²) in [6, 6.07) is 7.53. The van der Waals surface area contributed by atoms with E-state index in [1.54, 1.807) is 6.92 Å². The summed E-state index contributed by atoms with van der Waals surface area (Å²) in [5.41, 5.74) is 0.853. The molecule has 0 atom stereocenters. The minimum Gasteiger partial charge on any atom is -0.482 e. The van der Waals surface area contributed by atoms with Crippen molar-refractivity contribution in [2.45, 2.75) is 13.3 Å². The third-order valence-corrected chi connectivity index (χ3v) is 2.95. The lowest BCUT2D eigenvalue weighted by molar-refractivity contribution is 0.0819. The summed E-state index contributed by atoms with van der Waals surface area (Å²) in [6.07, 6.45) is -1.21. The molecule has 2 N–H and O–H groups in total. The molecule has 3 rings (SSSR count). The van der Waals surface area contributed by atoms with Gasteiger partial charge < -0.3 is 10.1 Å². The predicted molar refractivity (Wildman–Crippen MR) is 77.6 cm³/mol. The summed E-state index contributed by atoms with van der Waals surface area (Å²) in [5.74, 6) is 1.48. The molecule has 8 heteroatoms. The third-order valence-electron chi connectivity index (χ3n) is 2.95. The second-order valence-corrected chi connectivity index (χ2v) is 4.57. The highest BCUT2D eigenvalue weighted by Gasteiger charge is 2.13. The first-order chi connectivity index (χ1) is 10.6. The Hall–Kier alpha value is -2.77. The van der Waals surface area contributed by atoms with Crippen molar-refractivity contribution < 1.29 is 13.5 Å². The fourth-order valence-electron chi connectivity index (χ4n) is 1.98. The number of aromatic amines is 1.